The van der Waals surface area contributed by atoms with Crippen molar-refractivity contribution in [3.05, 3.63) is 23.8 Å². The molecule has 1 aromatic rings. The molecule has 0 bridgehead atoms. The number of carbonyl (C=O) groups excluding carboxylic acids is 1. The molecule has 1 amide bonds. The summed E-state index contributed by atoms with van der Waals surface area (Å²) in [5.41, 5.74) is 1.38. The predicted molar refractivity (Wildman–Crippen MR) is 64.5 cm³/mol. The minimum Gasteiger partial charge on any atom is -0.489 e. The molecule has 1 aromatic carbocycles. The first-order valence-corrected chi connectivity index (χ1v) is 5.60. The van der Waals surface area contributed by atoms with Gasteiger partial charge in [-0.1, -0.05) is 6.07 Å². The number of ether oxygens (including phenoxy) is 1. The number of fused-ring (bicyclic) bond motifs is 1. The van der Waals surface area contributed by atoms with Gasteiger partial charge in [0.2, 0.25) is 0 Å². The summed E-state index contributed by atoms with van der Waals surface area (Å²) in [5, 5.41) is 12.0. The molecule has 5 heteroatoms. The number of rotatable bonds is 3. The third-order valence-electron chi connectivity index (χ3n) is 2.69. The van der Waals surface area contributed by atoms with E-state index in [4.69, 9.17) is 9.84 Å². The first-order chi connectivity index (χ1) is 8.24. The van der Waals surface area contributed by atoms with Crippen molar-refractivity contribution in [1.82, 2.24) is 4.90 Å². The summed E-state index contributed by atoms with van der Waals surface area (Å²) in [6.07, 6.45) is 0. The lowest BCUT2D eigenvalue weighted by Crippen LogP contribution is -2.30. The second kappa shape index (κ2) is 5.05. The van der Waals surface area contributed by atoms with Gasteiger partial charge in [0, 0.05) is 20.1 Å². The SMILES string of the molecule is CN(CCO)C(=O)c1cccc2c1OCCN2. The first-order valence-electron chi connectivity index (χ1n) is 5.60. The number of para-hydroxylation sites is 1. The zero-order valence-corrected chi connectivity index (χ0v) is 9.77. The highest BCUT2D eigenvalue weighted by molar-refractivity contribution is 5.98. The second-order valence-electron chi connectivity index (χ2n) is 3.91. The molecule has 0 saturated carbocycles. The Balaban J connectivity index is 2.29. The van der Waals surface area contributed by atoms with Crippen molar-refractivity contribution in [3.63, 3.8) is 0 Å². The van der Waals surface area contributed by atoms with E-state index in [2.05, 4.69) is 5.32 Å². The fraction of sp³-hybridized carbons (Fsp3) is 0.417. The molecule has 5 nitrogen and oxygen atoms in total. The highest BCUT2D eigenvalue weighted by atomic mass is 16.5. The Kier molecular flexibility index (Phi) is 3.49. The lowest BCUT2D eigenvalue weighted by molar-refractivity contribution is 0.0762. The largest absolute Gasteiger partial charge is 0.489 e. The van der Waals surface area contributed by atoms with E-state index in [9.17, 15) is 4.79 Å². The Hall–Kier alpha value is -1.75. The van der Waals surface area contributed by atoms with Gasteiger partial charge in [0.25, 0.3) is 5.91 Å². The molecule has 0 aromatic heterocycles. The summed E-state index contributed by atoms with van der Waals surface area (Å²) >= 11 is 0. The maximum absolute atomic E-state index is 12.1. The molecule has 1 aliphatic rings. The third kappa shape index (κ3) is 2.34. The van der Waals surface area contributed by atoms with Crippen LogP contribution in [-0.2, 0) is 0 Å². The van der Waals surface area contributed by atoms with Crippen LogP contribution in [0.15, 0.2) is 18.2 Å². The van der Waals surface area contributed by atoms with Crippen LogP contribution >= 0.6 is 0 Å². The Morgan fingerprint density at radius 3 is 3.18 bits per heavy atom. The monoisotopic (exact) mass is 236 g/mol. The number of hydrogen-bond donors (Lipinski definition) is 2. The Morgan fingerprint density at radius 1 is 1.59 bits per heavy atom. The van der Waals surface area contributed by atoms with E-state index in [0.29, 0.717) is 24.5 Å². The average molecular weight is 236 g/mol. The van der Waals surface area contributed by atoms with Crippen molar-refractivity contribution in [2.45, 2.75) is 0 Å². The quantitative estimate of drug-likeness (QED) is 0.804. The predicted octanol–water partition coefficient (Wildman–Crippen LogP) is 0.555. The molecule has 0 atom stereocenters. The van der Waals surface area contributed by atoms with E-state index in [-0.39, 0.29) is 12.5 Å². The number of hydrogen-bond acceptors (Lipinski definition) is 4. The van der Waals surface area contributed by atoms with Gasteiger partial charge in [-0.25, -0.2) is 0 Å². The van der Waals surface area contributed by atoms with Crippen LogP contribution in [0.2, 0.25) is 0 Å². The second-order valence-corrected chi connectivity index (χ2v) is 3.91. The van der Waals surface area contributed by atoms with Crippen molar-refractivity contribution >= 4 is 11.6 Å². The van der Waals surface area contributed by atoms with Crippen LogP contribution in [0.3, 0.4) is 0 Å². The molecule has 0 radical (unpaired) electrons. The number of anilines is 1. The molecular formula is C12H16N2O3. The number of aliphatic hydroxyl groups is 1. The van der Waals surface area contributed by atoms with Gasteiger partial charge >= 0.3 is 0 Å². The molecule has 0 spiro atoms. The van der Waals surface area contributed by atoms with Crippen molar-refractivity contribution < 1.29 is 14.6 Å². The van der Waals surface area contributed by atoms with Crippen LogP contribution in [-0.4, -0.2) is 49.3 Å². The smallest absolute Gasteiger partial charge is 0.257 e. The van der Waals surface area contributed by atoms with E-state index in [1.807, 2.05) is 12.1 Å². The molecule has 1 heterocycles. The molecule has 0 aliphatic carbocycles. The lowest BCUT2D eigenvalue weighted by atomic mass is 10.1. The molecule has 2 N–H and O–H groups in total. The summed E-state index contributed by atoms with van der Waals surface area (Å²) in [5.74, 6) is 0.466. The summed E-state index contributed by atoms with van der Waals surface area (Å²) in [7, 11) is 1.66. The van der Waals surface area contributed by atoms with Crippen molar-refractivity contribution in [1.29, 1.82) is 0 Å². The minimum absolute atomic E-state index is 0.0453. The molecular weight excluding hydrogens is 220 g/mol. The molecule has 92 valence electrons. The average Bonchev–Trinajstić information content (AvgIpc) is 2.37. The summed E-state index contributed by atoms with van der Waals surface area (Å²) in [6, 6.07) is 5.44. The van der Waals surface area contributed by atoms with E-state index >= 15 is 0 Å². The highest BCUT2D eigenvalue weighted by Gasteiger charge is 2.21. The minimum atomic E-state index is -0.139. The maximum atomic E-state index is 12.1. The van der Waals surface area contributed by atoms with E-state index in [0.717, 1.165) is 12.2 Å². The van der Waals surface area contributed by atoms with E-state index < -0.39 is 0 Å². The van der Waals surface area contributed by atoms with Crippen molar-refractivity contribution in [2.24, 2.45) is 0 Å². The molecule has 17 heavy (non-hydrogen) atoms. The van der Waals surface area contributed by atoms with Gasteiger partial charge in [0.1, 0.15) is 6.61 Å². The number of benzene rings is 1. The van der Waals surface area contributed by atoms with Crippen LogP contribution < -0.4 is 10.1 Å². The van der Waals surface area contributed by atoms with Crippen LogP contribution in [0.4, 0.5) is 5.69 Å². The highest BCUT2D eigenvalue weighted by Crippen LogP contribution is 2.31. The van der Waals surface area contributed by atoms with Crippen LogP contribution in [0.5, 0.6) is 5.75 Å². The summed E-state index contributed by atoms with van der Waals surface area (Å²) in [6.45, 7) is 1.57. The first kappa shape index (κ1) is 11.7. The number of carbonyl (C=O) groups is 1. The van der Waals surface area contributed by atoms with Crippen molar-refractivity contribution in [3.8, 4) is 5.75 Å². The van der Waals surface area contributed by atoms with Crippen LogP contribution in [0.1, 0.15) is 10.4 Å². The maximum Gasteiger partial charge on any atom is 0.257 e. The summed E-state index contributed by atoms with van der Waals surface area (Å²) in [4.78, 5) is 13.6. The number of aliphatic hydroxyl groups excluding tert-OH is 1. The van der Waals surface area contributed by atoms with Crippen LogP contribution in [0.25, 0.3) is 0 Å². The number of nitrogens with zero attached hydrogens (tertiary/aromatic N) is 1. The Labute approximate surface area is 100.0 Å². The van der Waals surface area contributed by atoms with E-state index in [1.165, 1.54) is 4.90 Å². The molecule has 0 saturated heterocycles. The lowest BCUT2D eigenvalue weighted by Gasteiger charge is -2.23. The van der Waals surface area contributed by atoms with Gasteiger partial charge < -0.3 is 20.1 Å². The number of nitrogens with one attached hydrogen (secondary N) is 1. The molecule has 0 unspecified atom stereocenters. The Bertz CT molecular complexity index is 420. The number of likely N-dealkylation sites (N-methyl/N-ethyl adjacent to an activating group) is 1. The fourth-order valence-electron chi connectivity index (χ4n) is 1.80. The van der Waals surface area contributed by atoms with Crippen LogP contribution in [0, 0.1) is 0 Å². The molecule has 0 fully saturated rings. The van der Waals surface area contributed by atoms with Gasteiger partial charge in [-0.3, -0.25) is 4.79 Å². The fourth-order valence-corrected chi connectivity index (χ4v) is 1.80. The van der Waals surface area contributed by atoms with Gasteiger partial charge in [-0.15, -0.1) is 0 Å². The van der Waals surface area contributed by atoms with Gasteiger partial charge in [0.05, 0.1) is 17.9 Å². The van der Waals surface area contributed by atoms with Gasteiger partial charge in [-0.05, 0) is 12.1 Å². The zero-order valence-electron chi connectivity index (χ0n) is 9.77. The van der Waals surface area contributed by atoms with Crippen molar-refractivity contribution in [2.75, 3.05) is 38.7 Å². The normalized spacial score (nSPS) is 13.3. The Morgan fingerprint density at radius 2 is 2.41 bits per heavy atom. The third-order valence-corrected chi connectivity index (χ3v) is 2.69. The summed E-state index contributed by atoms with van der Waals surface area (Å²) < 4.78 is 5.53. The topological polar surface area (TPSA) is 61.8 Å². The van der Waals surface area contributed by atoms with Gasteiger partial charge in [0.15, 0.2) is 5.75 Å². The molecule has 1 aliphatic heterocycles. The van der Waals surface area contributed by atoms with E-state index in [1.54, 1.807) is 13.1 Å². The number of amides is 1. The van der Waals surface area contributed by atoms with Gasteiger partial charge in [-0.2, -0.15) is 0 Å². The standard InChI is InChI=1S/C12H16N2O3/c1-14(6-7-15)12(16)9-3-2-4-10-11(9)17-8-5-13-10/h2-4,13,15H,5-8H2,1H3. The zero-order chi connectivity index (χ0) is 12.3. The molecule has 2 rings (SSSR count).